The molecule has 0 saturated heterocycles. The van der Waals surface area contributed by atoms with Gasteiger partial charge < -0.3 is 4.98 Å². The maximum atomic E-state index is 12.1. The Morgan fingerprint density at radius 3 is 2.78 bits per heavy atom. The summed E-state index contributed by atoms with van der Waals surface area (Å²) in [6.07, 6.45) is 3.65. The Hall–Kier alpha value is -2.01. The average Bonchev–Trinajstić information content (AvgIpc) is 2.84. The highest BCUT2D eigenvalue weighted by Crippen LogP contribution is 2.19. The largest absolute Gasteiger partial charge is 0.332 e. The molecule has 4 nitrogen and oxygen atoms in total. The molecule has 3 aromatic rings. The first-order chi connectivity index (χ1) is 8.79. The van der Waals surface area contributed by atoms with Crippen molar-refractivity contribution in [3.05, 3.63) is 53.1 Å². The van der Waals surface area contributed by atoms with Gasteiger partial charge in [0.2, 0.25) is 0 Å². The summed E-state index contributed by atoms with van der Waals surface area (Å²) in [5, 5.41) is 0.840. The SMILES string of the molecule is CSc1cc2cnc(-c3ccccc3)n2c(=O)[nH]1. The van der Waals surface area contributed by atoms with E-state index in [-0.39, 0.29) is 5.69 Å². The molecule has 1 aromatic carbocycles. The van der Waals surface area contributed by atoms with Gasteiger partial charge in [0.1, 0.15) is 5.82 Å². The topological polar surface area (TPSA) is 50.2 Å². The number of benzene rings is 1. The van der Waals surface area contributed by atoms with Gasteiger partial charge in [-0.1, -0.05) is 30.3 Å². The van der Waals surface area contributed by atoms with Crippen LogP contribution in [0.25, 0.3) is 16.9 Å². The predicted octanol–water partition coefficient (Wildman–Crippen LogP) is 2.41. The molecule has 2 heterocycles. The third-order valence-corrected chi connectivity index (χ3v) is 3.41. The van der Waals surface area contributed by atoms with Gasteiger partial charge in [0.05, 0.1) is 16.7 Å². The summed E-state index contributed by atoms with van der Waals surface area (Å²) in [7, 11) is 0. The highest BCUT2D eigenvalue weighted by Gasteiger charge is 2.09. The smallest absolute Gasteiger partial charge is 0.301 e. The Bertz CT molecular complexity index is 746. The highest BCUT2D eigenvalue weighted by molar-refractivity contribution is 7.98. The number of rotatable bonds is 2. The van der Waals surface area contributed by atoms with Gasteiger partial charge in [-0.15, -0.1) is 11.8 Å². The molecule has 0 radical (unpaired) electrons. The van der Waals surface area contributed by atoms with E-state index in [1.807, 2.05) is 42.7 Å². The van der Waals surface area contributed by atoms with Crippen molar-refractivity contribution in [3.8, 4) is 11.4 Å². The molecule has 18 heavy (non-hydrogen) atoms. The normalized spacial score (nSPS) is 10.9. The Morgan fingerprint density at radius 1 is 1.28 bits per heavy atom. The number of hydrogen-bond donors (Lipinski definition) is 1. The fourth-order valence-electron chi connectivity index (χ4n) is 1.91. The van der Waals surface area contributed by atoms with E-state index >= 15 is 0 Å². The van der Waals surface area contributed by atoms with Crippen LogP contribution in [-0.4, -0.2) is 20.6 Å². The first-order valence-electron chi connectivity index (χ1n) is 5.50. The zero-order chi connectivity index (χ0) is 12.5. The molecular weight excluding hydrogens is 246 g/mol. The maximum absolute atomic E-state index is 12.1. The molecule has 0 amide bonds. The van der Waals surface area contributed by atoms with Crippen molar-refractivity contribution in [3.63, 3.8) is 0 Å². The van der Waals surface area contributed by atoms with E-state index in [9.17, 15) is 4.79 Å². The number of imidazole rings is 1. The average molecular weight is 257 g/mol. The molecule has 0 fully saturated rings. The van der Waals surface area contributed by atoms with E-state index in [4.69, 9.17) is 0 Å². The van der Waals surface area contributed by atoms with Crippen molar-refractivity contribution in [1.82, 2.24) is 14.4 Å². The molecule has 0 unspecified atom stereocenters. The highest BCUT2D eigenvalue weighted by atomic mass is 32.2. The number of hydrogen-bond acceptors (Lipinski definition) is 3. The number of nitrogens with one attached hydrogen (secondary N) is 1. The lowest BCUT2D eigenvalue weighted by molar-refractivity contribution is 0.941. The van der Waals surface area contributed by atoms with Gasteiger partial charge in [0, 0.05) is 5.56 Å². The molecule has 0 spiro atoms. The summed E-state index contributed by atoms with van der Waals surface area (Å²) in [6.45, 7) is 0. The second-order valence-corrected chi connectivity index (χ2v) is 4.70. The molecule has 0 aliphatic carbocycles. The zero-order valence-electron chi connectivity index (χ0n) is 9.75. The van der Waals surface area contributed by atoms with Crippen LogP contribution in [0.15, 0.2) is 52.4 Å². The van der Waals surface area contributed by atoms with Crippen LogP contribution in [0.1, 0.15) is 0 Å². The molecule has 0 saturated carbocycles. The van der Waals surface area contributed by atoms with Gasteiger partial charge in [-0.2, -0.15) is 0 Å². The first-order valence-corrected chi connectivity index (χ1v) is 6.72. The third kappa shape index (κ3) is 1.73. The fraction of sp³-hybridized carbons (Fsp3) is 0.0769. The van der Waals surface area contributed by atoms with Crippen LogP contribution in [-0.2, 0) is 0 Å². The Balaban J connectivity index is 2.30. The third-order valence-electron chi connectivity index (χ3n) is 2.75. The summed E-state index contributed by atoms with van der Waals surface area (Å²) in [5.74, 6) is 0.666. The summed E-state index contributed by atoms with van der Waals surface area (Å²) in [4.78, 5) is 19.2. The molecule has 3 rings (SSSR count). The number of aromatic nitrogens is 3. The lowest BCUT2D eigenvalue weighted by Crippen LogP contribution is -2.17. The minimum Gasteiger partial charge on any atom is -0.301 e. The number of fused-ring (bicyclic) bond motifs is 1. The number of nitrogens with zero attached hydrogens (tertiary/aromatic N) is 2. The van der Waals surface area contributed by atoms with Crippen LogP contribution < -0.4 is 5.69 Å². The molecule has 0 aliphatic rings. The van der Waals surface area contributed by atoms with Crippen LogP contribution in [0.4, 0.5) is 0 Å². The van der Waals surface area contributed by atoms with Gasteiger partial charge >= 0.3 is 5.69 Å². The van der Waals surface area contributed by atoms with Crippen molar-refractivity contribution < 1.29 is 0 Å². The number of thioether (sulfide) groups is 1. The molecule has 5 heteroatoms. The molecule has 0 aliphatic heterocycles. The van der Waals surface area contributed by atoms with Crippen LogP contribution in [0, 0.1) is 0 Å². The lowest BCUT2D eigenvalue weighted by atomic mass is 10.2. The molecule has 90 valence electrons. The fourth-order valence-corrected chi connectivity index (χ4v) is 2.34. The molecule has 1 N–H and O–H groups in total. The van der Waals surface area contributed by atoms with Crippen molar-refractivity contribution in [2.75, 3.05) is 6.26 Å². The van der Waals surface area contributed by atoms with E-state index in [1.165, 1.54) is 11.8 Å². The van der Waals surface area contributed by atoms with E-state index < -0.39 is 0 Å². The molecule has 0 atom stereocenters. The summed E-state index contributed by atoms with van der Waals surface area (Å²) in [5.41, 5.74) is 1.58. The number of H-pyrrole nitrogens is 1. The molecule has 0 bridgehead atoms. The minimum atomic E-state index is -0.159. The van der Waals surface area contributed by atoms with Crippen molar-refractivity contribution >= 4 is 17.3 Å². The number of aromatic amines is 1. The maximum Gasteiger partial charge on any atom is 0.332 e. The lowest BCUT2D eigenvalue weighted by Gasteiger charge is -2.02. The second kappa shape index (κ2) is 4.34. The second-order valence-electron chi connectivity index (χ2n) is 3.85. The van der Waals surface area contributed by atoms with E-state index in [0.717, 1.165) is 16.1 Å². The van der Waals surface area contributed by atoms with E-state index in [0.29, 0.717) is 5.82 Å². The van der Waals surface area contributed by atoms with Gasteiger partial charge in [-0.25, -0.2) is 14.2 Å². The van der Waals surface area contributed by atoms with E-state index in [2.05, 4.69) is 9.97 Å². The van der Waals surface area contributed by atoms with E-state index in [1.54, 1.807) is 10.6 Å². The Morgan fingerprint density at radius 2 is 2.06 bits per heavy atom. The van der Waals surface area contributed by atoms with Crippen LogP contribution in [0.3, 0.4) is 0 Å². The van der Waals surface area contributed by atoms with Crippen molar-refractivity contribution in [1.29, 1.82) is 0 Å². The summed E-state index contributed by atoms with van der Waals surface area (Å²) in [6, 6.07) is 11.6. The summed E-state index contributed by atoms with van der Waals surface area (Å²) < 4.78 is 1.59. The minimum absolute atomic E-state index is 0.159. The molecule has 2 aromatic heterocycles. The molecular formula is C13H11N3OS. The zero-order valence-corrected chi connectivity index (χ0v) is 10.6. The van der Waals surface area contributed by atoms with Crippen LogP contribution >= 0.6 is 11.8 Å². The van der Waals surface area contributed by atoms with Crippen LogP contribution in [0.5, 0.6) is 0 Å². The predicted molar refractivity (Wildman–Crippen MR) is 73.0 cm³/mol. The Labute approximate surface area is 108 Å². The van der Waals surface area contributed by atoms with Crippen LogP contribution in [0.2, 0.25) is 0 Å². The van der Waals surface area contributed by atoms with Gasteiger partial charge in [0.15, 0.2) is 0 Å². The van der Waals surface area contributed by atoms with Gasteiger partial charge in [0.25, 0.3) is 0 Å². The van der Waals surface area contributed by atoms with Crippen molar-refractivity contribution in [2.45, 2.75) is 5.03 Å². The van der Waals surface area contributed by atoms with Gasteiger partial charge in [-0.3, -0.25) is 0 Å². The standard InChI is InChI=1S/C13H11N3OS/c1-18-11-7-10-8-14-12(16(10)13(17)15-11)9-5-3-2-4-6-9/h2-8H,1H3,(H,15,17). The monoisotopic (exact) mass is 257 g/mol. The Kier molecular flexibility index (Phi) is 2.68. The van der Waals surface area contributed by atoms with Crippen molar-refractivity contribution in [2.24, 2.45) is 0 Å². The summed E-state index contributed by atoms with van der Waals surface area (Å²) >= 11 is 1.51. The first kappa shape index (κ1) is 11.1. The van der Waals surface area contributed by atoms with Gasteiger partial charge in [-0.05, 0) is 12.3 Å². The quantitative estimate of drug-likeness (QED) is 0.566.